The minimum absolute atomic E-state index is 0.236. The largest absolute Gasteiger partial charge is 0.464 e. The van der Waals surface area contributed by atoms with Crippen LogP contribution in [-0.4, -0.2) is 36.2 Å². The molecule has 0 aliphatic rings. The molecule has 2 unspecified atom stereocenters. The minimum atomic E-state index is -0.951. The first-order valence-corrected chi connectivity index (χ1v) is 7.71. The summed E-state index contributed by atoms with van der Waals surface area (Å²) in [5.41, 5.74) is 0. The van der Waals surface area contributed by atoms with Crippen LogP contribution < -0.4 is 5.32 Å². The van der Waals surface area contributed by atoms with Crippen LogP contribution in [0.2, 0.25) is 0 Å². The van der Waals surface area contributed by atoms with Gasteiger partial charge in [0, 0.05) is 0 Å². The van der Waals surface area contributed by atoms with Crippen molar-refractivity contribution in [3.8, 4) is 0 Å². The normalized spacial score (nSPS) is 13.6. The Bertz CT molecular complexity index is 258. The van der Waals surface area contributed by atoms with E-state index in [1.54, 1.807) is 6.92 Å². The highest BCUT2D eigenvalue weighted by Gasteiger charge is 2.26. The Labute approximate surface area is 122 Å². The second-order valence-electron chi connectivity index (χ2n) is 4.99. The van der Waals surface area contributed by atoms with Crippen LogP contribution in [0, 0.1) is 0 Å². The summed E-state index contributed by atoms with van der Waals surface area (Å²) >= 11 is 0. The number of carbonyl (C=O) groups excluding carboxylic acids is 2. The van der Waals surface area contributed by atoms with E-state index in [1.165, 1.54) is 25.7 Å². The van der Waals surface area contributed by atoms with Gasteiger partial charge >= 0.3 is 5.97 Å². The van der Waals surface area contributed by atoms with Gasteiger partial charge < -0.3 is 15.2 Å². The van der Waals surface area contributed by atoms with Gasteiger partial charge in [-0.05, 0) is 13.3 Å². The number of carbonyl (C=O) groups is 2. The van der Waals surface area contributed by atoms with Crippen LogP contribution in [0.3, 0.4) is 0 Å². The Balaban J connectivity index is 3.86. The van der Waals surface area contributed by atoms with Crippen molar-refractivity contribution in [2.45, 2.75) is 77.4 Å². The molecule has 118 valence electrons. The van der Waals surface area contributed by atoms with Crippen LogP contribution in [-0.2, 0) is 14.3 Å². The molecular weight excluding hydrogens is 258 g/mol. The molecule has 0 aliphatic carbocycles. The average Bonchev–Trinajstić information content (AvgIpc) is 2.43. The van der Waals surface area contributed by atoms with Gasteiger partial charge in [0.15, 0.2) is 6.04 Å². The van der Waals surface area contributed by atoms with Crippen molar-refractivity contribution in [3.05, 3.63) is 0 Å². The van der Waals surface area contributed by atoms with Crippen LogP contribution in [0.4, 0.5) is 0 Å². The highest BCUT2D eigenvalue weighted by Crippen LogP contribution is 2.11. The van der Waals surface area contributed by atoms with Crippen molar-refractivity contribution in [1.29, 1.82) is 0 Å². The third kappa shape index (κ3) is 8.91. The Kier molecular flexibility index (Phi) is 12.2. The molecule has 0 aromatic rings. The maximum Gasteiger partial charge on any atom is 0.331 e. The molecule has 0 aromatic carbocycles. The van der Waals surface area contributed by atoms with E-state index >= 15 is 0 Å². The Hall–Kier alpha value is -1.10. The maximum absolute atomic E-state index is 11.6. The Morgan fingerprint density at radius 3 is 2.30 bits per heavy atom. The first kappa shape index (κ1) is 18.9. The molecular formula is C15H29NO4. The zero-order chi connectivity index (χ0) is 15.2. The quantitative estimate of drug-likeness (QED) is 0.309. The van der Waals surface area contributed by atoms with Crippen LogP contribution in [0.25, 0.3) is 0 Å². The number of amides is 1. The summed E-state index contributed by atoms with van der Waals surface area (Å²) in [6.45, 7) is 4.12. The lowest BCUT2D eigenvalue weighted by atomic mass is 10.0. The summed E-state index contributed by atoms with van der Waals surface area (Å²) in [6.07, 6.45) is 8.07. The van der Waals surface area contributed by atoms with E-state index in [0.717, 1.165) is 19.3 Å². The monoisotopic (exact) mass is 287 g/mol. The fourth-order valence-corrected chi connectivity index (χ4v) is 2.12. The van der Waals surface area contributed by atoms with Gasteiger partial charge in [0.25, 0.3) is 0 Å². The van der Waals surface area contributed by atoms with Crippen LogP contribution in [0.1, 0.15) is 65.2 Å². The molecule has 0 fully saturated rings. The second kappa shape index (κ2) is 12.9. The van der Waals surface area contributed by atoms with Gasteiger partial charge in [-0.3, -0.25) is 4.79 Å². The molecule has 0 saturated carbocycles. The number of esters is 1. The molecule has 0 heterocycles. The molecule has 2 atom stereocenters. The van der Waals surface area contributed by atoms with Crippen LogP contribution in [0.5, 0.6) is 0 Å². The fraction of sp³-hybridized carbons (Fsp3) is 0.867. The molecule has 0 spiro atoms. The fourth-order valence-electron chi connectivity index (χ4n) is 2.12. The molecule has 0 aliphatic heterocycles. The topological polar surface area (TPSA) is 75.6 Å². The van der Waals surface area contributed by atoms with Crippen molar-refractivity contribution >= 4 is 12.4 Å². The molecule has 0 aromatic heterocycles. The molecule has 20 heavy (non-hydrogen) atoms. The number of nitrogens with one attached hydrogen (secondary N) is 1. The van der Waals surface area contributed by atoms with E-state index in [-0.39, 0.29) is 6.61 Å². The number of aliphatic hydroxyl groups is 1. The second-order valence-corrected chi connectivity index (χ2v) is 4.99. The predicted molar refractivity (Wildman–Crippen MR) is 78.2 cm³/mol. The lowest BCUT2D eigenvalue weighted by Gasteiger charge is -2.20. The van der Waals surface area contributed by atoms with Gasteiger partial charge in [0.1, 0.15) is 0 Å². The van der Waals surface area contributed by atoms with Crippen molar-refractivity contribution in [1.82, 2.24) is 5.32 Å². The SMILES string of the molecule is CCCCCCCCCC(O)C(NC=O)C(=O)OCC. The molecule has 5 heteroatoms. The van der Waals surface area contributed by atoms with Crippen molar-refractivity contribution in [3.63, 3.8) is 0 Å². The average molecular weight is 287 g/mol. The lowest BCUT2D eigenvalue weighted by molar-refractivity contribution is -0.149. The number of aliphatic hydroxyl groups excluding tert-OH is 1. The number of hydrogen-bond donors (Lipinski definition) is 2. The van der Waals surface area contributed by atoms with Crippen molar-refractivity contribution in [2.24, 2.45) is 0 Å². The van der Waals surface area contributed by atoms with E-state index in [4.69, 9.17) is 4.74 Å². The molecule has 0 rings (SSSR count). The van der Waals surface area contributed by atoms with Gasteiger partial charge in [-0.2, -0.15) is 0 Å². The van der Waals surface area contributed by atoms with Gasteiger partial charge in [0.2, 0.25) is 6.41 Å². The number of rotatable bonds is 13. The Morgan fingerprint density at radius 1 is 1.15 bits per heavy atom. The molecule has 2 N–H and O–H groups in total. The third-order valence-corrected chi connectivity index (χ3v) is 3.28. The summed E-state index contributed by atoms with van der Waals surface area (Å²) in [6, 6.07) is -0.951. The summed E-state index contributed by atoms with van der Waals surface area (Å²) in [5, 5.41) is 12.3. The summed E-state index contributed by atoms with van der Waals surface area (Å²) < 4.78 is 4.83. The van der Waals surface area contributed by atoms with E-state index in [0.29, 0.717) is 12.8 Å². The van der Waals surface area contributed by atoms with Gasteiger partial charge in [0.05, 0.1) is 12.7 Å². The smallest absolute Gasteiger partial charge is 0.331 e. The summed E-state index contributed by atoms with van der Waals surface area (Å²) in [4.78, 5) is 22.1. The Morgan fingerprint density at radius 2 is 1.75 bits per heavy atom. The van der Waals surface area contributed by atoms with Crippen molar-refractivity contribution < 1.29 is 19.4 Å². The number of unbranched alkanes of at least 4 members (excludes halogenated alkanes) is 6. The van der Waals surface area contributed by atoms with E-state index in [9.17, 15) is 14.7 Å². The standard InChI is InChI=1S/C15H29NO4/c1-3-5-6-7-8-9-10-11-13(18)14(16-12-17)15(19)20-4-2/h12-14,18H,3-11H2,1-2H3,(H,16,17). The highest BCUT2D eigenvalue weighted by atomic mass is 16.5. The van der Waals surface area contributed by atoms with Crippen LogP contribution in [0.15, 0.2) is 0 Å². The molecule has 5 nitrogen and oxygen atoms in total. The molecule has 0 radical (unpaired) electrons. The van der Waals surface area contributed by atoms with Crippen molar-refractivity contribution in [2.75, 3.05) is 6.61 Å². The van der Waals surface area contributed by atoms with Gasteiger partial charge in [-0.25, -0.2) is 4.79 Å². The van der Waals surface area contributed by atoms with E-state index in [1.807, 2.05) is 0 Å². The minimum Gasteiger partial charge on any atom is -0.464 e. The molecule has 1 amide bonds. The van der Waals surface area contributed by atoms with E-state index < -0.39 is 18.1 Å². The zero-order valence-electron chi connectivity index (χ0n) is 12.8. The van der Waals surface area contributed by atoms with Gasteiger partial charge in [-0.1, -0.05) is 51.9 Å². The number of ether oxygens (including phenoxy) is 1. The van der Waals surface area contributed by atoms with Gasteiger partial charge in [-0.15, -0.1) is 0 Å². The zero-order valence-corrected chi connectivity index (χ0v) is 12.8. The first-order chi connectivity index (χ1) is 9.67. The summed E-state index contributed by atoms with van der Waals surface area (Å²) in [5.74, 6) is -0.574. The predicted octanol–water partition coefficient (Wildman–Crippen LogP) is 2.17. The maximum atomic E-state index is 11.6. The third-order valence-electron chi connectivity index (χ3n) is 3.28. The van der Waals surface area contributed by atoms with E-state index in [2.05, 4.69) is 12.2 Å². The number of hydrogen-bond acceptors (Lipinski definition) is 4. The molecule has 0 bridgehead atoms. The first-order valence-electron chi connectivity index (χ1n) is 7.71. The highest BCUT2D eigenvalue weighted by molar-refractivity contribution is 5.78. The summed E-state index contributed by atoms with van der Waals surface area (Å²) in [7, 11) is 0. The lowest BCUT2D eigenvalue weighted by Crippen LogP contribution is -2.46. The van der Waals surface area contributed by atoms with Crippen LogP contribution >= 0.6 is 0 Å². The molecule has 0 saturated heterocycles.